The Balaban J connectivity index is 1.23. The van der Waals surface area contributed by atoms with Crippen molar-refractivity contribution in [2.24, 2.45) is 0 Å². The zero-order valence-corrected chi connectivity index (χ0v) is 20.4. The Hall–Kier alpha value is -3.93. The second-order valence-electron chi connectivity index (χ2n) is 9.14. The number of aromatic nitrogens is 5. The van der Waals surface area contributed by atoms with Crippen LogP contribution in [0.3, 0.4) is 0 Å². The van der Waals surface area contributed by atoms with Crippen LogP contribution in [-0.2, 0) is 16.1 Å². The molecule has 1 fully saturated rings. The maximum atomic E-state index is 14.8. The number of rotatable bonds is 5. The van der Waals surface area contributed by atoms with Crippen LogP contribution in [0.15, 0.2) is 54.0 Å². The van der Waals surface area contributed by atoms with Gasteiger partial charge in [-0.3, -0.25) is 4.79 Å². The quantitative estimate of drug-likeness (QED) is 0.529. The molecule has 37 heavy (non-hydrogen) atoms. The summed E-state index contributed by atoms with van der Waals surface area (Å²) in [5.74, 6) is -1.62. The van der Waals surface area contributed by atoms with Gasteiger partial charge in [0, 0.05) is 43.5 Å². The molecule has 1 spiro atoms. The highest BCUT2D eigenvalue weighted by Crippen LogP contribution is 2.45. The van der Waals surface area contributed by atoms with Crippen molar-refractivity contribution < 1.29 is 23.4 Å². The number of carboxylic acids is 1. The standard InChI is InChI=1S/C25H22F2N6O3S/c26-18-6-3-5-16(22(18)27)17-12-25(36-19-7-2-1-4-15(17)19)8-10-32(11-9-25)24-28-13-20(37-24)23-29-31-33(30-23)14-21(34)35/h1,3-6,12-13H,2,7-11,14H2,(H,34,35). The lowest BCUT2D eigenvalue weighted by Crippen LogP contribution is -2.46. The normalized spacial score (nSPS) is 18.5. The van der Waals surface area contributed by atoms with Crippen molar-refractivity contribution in [3.8, 4) is 10.7 Å². The number of tetrazole rings is 1. The van der Waals surface area contributed by atoms with Crippen LogP contribution in [0.25, 0.3) is 16.3 Å². The van der Waals surface area contributed by atoms with Crippen molar-refractivity contribution in [1.82, 2.24) is 25.2 Å². The van der Waals surface area contributed by atoms with Crippen LogP contribution in [0.2, 0.25) is 0 Å². The maximum Gasteiger partial charge on any atom is 0.327 e. The Morgan fingerprint density at radius 1 is 1.24 bits per heavy atom. The zero-order chi connectivity index (χ0) is 25.6. The van der Waals surface area contributed by atoms with E-state index in [1.165, 1.54) is 17.4 Å². The fourth-order valence-corrected chi connectivity index (χ4v) is 5.80. The van der Waals surface area contributed by atoms with E-state index in [1.54, 1.807) is 12.3 Å². The molecule has 0 amide bonds. The number of ether oxygens (including phenoxy) is 1. The third kappa shape index (κ3) is 4.41. The van der Waals surface area contributed by atoms with Crippen LogP contribution in [0, 0.1) is 11.6 Å². The predicted octanol–water partition coefficient (Wildman–Crippen LogP) is 4.22. The Labute approximate surface area is 214 Å². The van der Waals surface area contributed by atoms with Gasteiger partial charge >= 0.3 is 5.97 Å². The second-order valence-corrected chi connectivity index (χ2v) is 10.1. The summed E-state index contributed by atoms with van der Waals surface area (Å²) in [5.41, 5.74) is 1.12. The first-order chi connectivity index (χ1) is 17.9. The van der Waals surface area contributed by atoms with Crippen LogP contribution in [0.5, 0.6) is 0 Å². The summed E-state index contributed by atoms with van der Waals surface area (Å²) < 4.78 is 35.5. The Kier molecular flexibility index (Phi) is 5.82. The molecule has 1 N–H and O–H groups in total. The summed E-state index contributed by atoms with van der Waals surface area (Å²) >= 11 is 1.40. The molecular formula is C25H22F2N6O3S. The molecule has 3 aromatic rings. The van der Waals surface area contributed by atoms with Gasteiger partial charge < -0.3 is 14.7 Å². The summed E-state index contributed by atoms with van der Waals surface area (Å²) in [6.07, 6.45) is 10.4. The molecule has 0 bridgehead atoms. The smallest absolute Gasteiger partial charge is 0.327 e. The molecule has 1 aliphatic carbocycles. The lowest BCUT2D eigenvalue weighted by Gasteiger charge is -2.44. The first-order valence-electron chi connectivity index (χ1n) is 11.9. The van der Waals surface area contributed by atoms with Crippen LogP contribution in [0.4, 0.5) is 13.9 Å². The van der Waals surface area contributed by atoms with Gasteiger partial charge in [0.15, 0.2) is 23.3 Å². The topological polar surface area (TPSA) is 106 Å². The molecule has 6 rings (SSSR count). The molecule has 12 heteroatoms. The van der Waals surface area contributed by atoms with Crippen molar-refractivity contribution in [2.45, 2.75) is 37.8 Å². The van der Waals surface area contributed by atoms with Gasteiger partial charge in [-0.1, -0.05) is 35.6 Å². The number of piperidine rings is 1. The fourth-order valence-electron chi connectivity index (χ4n) is 4.91. The second kappa shape index (κ2) is 9.18. The van der Waals surface area contributed by atoms with Crippen molar-refractivity contribution in [2.75, 3.05) is 18.0 Å². The lowest BCUT2D eigenvalue weighted by atomic mass is 9.81. The number of anilines is 1. The van der Waals surface area contributed by atoms with Gasteiger partial charge in [0.1, 0.15) is 11.4 Å². The number of nitrogens with zero attached hydrogens (tertiary/aromatic N) is 6. The molecule has 0 saturated carbocycles. The molecular weight excluding hydrogens is 502 g/mol. The minimum Gasteiger partial charge on any atom is -0.487 e. The van der Waals surface area contributed by atoms with E-state index >= 15 is 0 Å². The van der Waals surface area contributed by atoms with Gasteiger partial charge in [0.2, 0.25) is 5.82 Å². The molecule has 1 aromatic carbocycles. The summed E-state index contributed by atoms with van der Waals surface area (Å²) in [4.78, 5) is 19.2. The first kappa shape index (κ1) is 23.5. The number of benzene rings is 1. The molecule has 0 radical (unpaired) electrons. The van der Waals surface area contributed by atoms with Gasteiger partial charge in [-0.2, -0.15) is 4.80 Å². The summed E-state index contributed by atoms with van der Waals surface area (Å²) in [7, 11) is 0. The number of allylic oxidation sites excluding steroid dienone is 5. The molecule has 190 valence electrons. The van der Waals surface area contributed by atoms with E-state index < -0.39 is 23.2 Å². The number of aliphatic carboxylic acids is 1. The highest BCUT2D eigenvalue weighted by molar-refractivity contribution is 7.18. The van der Waals surface area contributed by atoms with Crippen LogP contribution >= 0.6 is 11.3 Å². The van der Waals surface area contributed by atoms with E-state index in [1.807, 2.05) is 18.2 Å². The van der Waals surface area contributed by atoms with Gasteiger partial charge in [0.25, 0.3) is 0 Å². The lowest BCUT2D eigenvalue weighted by molar-refractivity contribution is -0.138. The van der Waals surface area contributed by atoms with E-state index in [0.29, 0.717) is 42.2 Å². The van der Waals surface area contributed by atoms with Gasteiger partial charge in [-0.05, 0) is 29.3 Å². The average Bonchev–Trinajstić information content (AvgIpc) is 3.55. The zero-order valence-electron chi connectivity index (χ0n) is 19.6. The number of hydrogen-bond acceptors (Lipinski definition) is 8. The van der Waals surface area contributed by atoms with Crippen molar-refractivity contribution in [3.63, 3.8) is 0 Å². The molecule has 2 aromatic heterocycles. The van der Waals surface area contributed by atoms with E-state index in [4.69, 9.17) is 9.84 Å². The van der Waals surface area contributed by atoms with Crippen molar-refractivity contribution in [3.05, 3.63) is 71.2 Å². The van der Waals surface area contributed by atoms with Crippen molar-refractivity contribution >= 4 is 28.0 Å². The largest absolute Gasteiger partial charge is 0.487 e. The van der Waals surface area contributed by atoms with Crippen molar-refractivity contribution in [1.29, 1.82) is 0 Å². The SMILES string of the molecule is O=C(O)Cn1nnc(-c2cnc(N3CCC4(C=C(c5cccc(F)c5F)C5=C(CCC=C5)O4)CC3)s2)n1. The highest BCUT2D eigenvalue weighted by Gasteiger charge is 2.41. The summed E-state index contributed by atoms with van der Waals surface area (Å²) in [6, 6.07) is 4.27. The number of carbonyl (C=O) groups is 1. The monoisotopic (exact) mass is 524 g/mol. The third-order valence-electron chi connectivity index (χ3n) is 6.71. The number of carboxylic acid groups (broad SMARTS) is 1. The minimum atomic E-state index is -1.05. The van der Waals surface area contributed by atoms with E-state index in [9.17, 15) is 13.6 Å². The van der Waals surface area contributed by atoms with E-state index in [2.05, 4.69) is 25.3 Å². The predicted molar refractivity (Wildman–Crippen MR) is 132 cm³/mol. The highest BCUT2D eigenvalue weighted by atomic mass is 32.1. The van der Waals surface area contributed by atoms with Gasteiger partial charge in [0.05, 0.1) is 11.1 Å². The van der Waals surface area contributed by atoms with E-state index in [-0.39, 0.29) is 12.1 Å². The van der Waals surface area contributed by atoms with Crippen LogP contribution in [0.1, 0.15) is 31.2 Å². The molecule has 9 nitrogen and oxygen atoms in total. The molecule has 1 saturated heterocycles. The molecule has 2 aliphatic heterocycles. The number of halogens is 2. The van der Waals surface area contributed by atoms with Crippen LogP contribution in [-0.4, -0.2) is 55.0 Å². The number of thiazole rings is 1. The molecule has 3 aliphatic rings. The van der Waals surface area contributed by atoms with Gasteiger partial charge in [-0.25, -0.2) is 13.8 Å². The minimum absolute atomic E-state index is 0.247. The molecule has 0 atom stereocenters. The average molecular weight is 525 g/mol. The van der Waals surface area contributed by atoms with Gasteiger partial charge in [-0.15, -0.1) is 10.2 Å². The third-order valence-corrected chi connectivity index (χ3v) is 7.77. The Morgan fingerprint density at radius 3 is 2.89 bits per heavy atom. The van der Waals surface area contributed by atoms with E-state index in [0.717, 1.165) is 40.2 Å². The fraction of sp³-hybridized carbons (Fsp3) is 0.320. The first-order valence-corrected chi connectivity index (χ1v) is 12.7. The maximum absolute atomic E-state index is 14.8. The van der Waals surface area contributed by atoms with Crippen LogP contribution < -0.4 is 4.90 Å². The summed E-state index contributed by atoms with van der Waals surface area (Å²) in [6.45, 7) is 0.940. The Bertz CT molecular complexity index is 1470. The summed E-state index contributed by atoms with van der Waals surface area (Å²) in [5, 5.41) is 21.5. The Morgan fingerprint density at radius 2 is 2.08 bits per heavy atom. The molecule has 4 heterocycles. The number of hydrogen-bond donors (Lipinski definition) is 1. The molecule has 0 unspecified atom stereocenters.